The van der Waals surface area contributed by atoms with E-state index < -0.39 is 10.0 Å². The lowest BCUT2D eigenvalue weighted by Gasteiger charge is -2.34. The number of hydrogen-bond acceptors (Lipinski definition) is 6. The van der Waals surface area contributed by atoms with Crippen molar-refractivity contribution in [3.63, 3.8) is 0 Å². The predicted octanol–water partition coefficient (Wildman–Crippen LogP) is 2.18. The van der Waals surface area contributed by atoms with E-state index in [1.54, 1.807) is 11.0 Å². The molecule has 9 heteroatoms. The van der Waals surface area contributed by atoms with Crippen molar-refractivity contribution in [3.05, 3.63) is 60.2 Å². The summed E-state index contributed by atoms with van der Waals surface area (Å²) >= 11 is 0. The second-order valence-electron chi connectivity index (χ2n) is 7.77. The molecule has 1 amide bonds. The molecule has 0 radical (unpaired) electrons. The molecule has 0 spiro atoms. The van der Waals surface area contributed by atoms with Crippen molar-refractivity contribution < 1.29 is 22.7 Å². The maximum Gasteiger partial charge on any atom is 0.247 e. The van der Waals surface area contributed by atoms with E-state index in [0.717, 1.165) is 29.5 Å². The highest BCUT2D eigenvalue weighted by Gasteiger charge is 2.29. The van der Waals surface area contributed by atoms with Crippen LogP contribution in [-0.4, -0.2) is 89.0 Å². The molecule has 2 aromatic rings. The van der Waals surface area contributed by atoms with Crippen LogP contribution in [0.5, 0.6) is 11.5 Å². The molecule has 0 N–H and O–H groups in total. The van der Waals surface area contributed by atoms with E-state index in [0.29, 0.717) is 18.8 Å². The molecule has 33 heavy (non-hydrogen) atoms. The van der Waals surface area contributed by atoms with Gasteiger partial charge in [0, 0.05) is 45.8 Å². The second-order valence-corrected chi connectivity index (χ2v) is 9.79. The van der Waals surface area contributed by atoms with Gasteiger partial charge in [-0.2, -0.15) is 4.31 Å². The summed E-state index contributed by atoms with van der Waals surface area (Å²) in [4.78, 5) is 16.8. The summed E-state index contributed by atoms with van der Waals surface area (Å²) in [5.41, 5.74) is 1.16. The van der Waals surface area contributed by atoms with Gasteiger partial charge < -0.3 is 14.4 Å². The average molecular weight is 474 g/mol. The number of likely N-dealkylation sites (N-methyl/N-ethyl adjacent to an activating group) is 1. The Bertz CT molecular complexity index is 1060. The number of amides is 1. The predicted molar refractivity (Wildman–Crippen MR) is 128 cm³/mol. The Morgan fingerprint density at radius 2 is 1.73 bits per heavy atom. The molecule has 0 unspecified atom stereocenters. The molecule has 8 nitrogen and oxygen atoms in total. The van der Waals surface area contributed by atoms with Crippen LogP contribution in [0, 0.1) is 0 Å². The molecule has 0 aliphatic carbocycles. The van der Waals surface area contributed by atoms with Gasteiger partial charge in [-0.25, -0.2) is 8.42 Å². The highest BCUT2D eigenvalue weighted by molar-refractivity contribution is 7.89. The number of sulfonamides is 1. The monoisotopic (exact) mass is 473 g/mol. The highest BCUT2D eigenvalue weighted by Crippen LogP contribution is 2.30. The summed E-state index contributed by atoms with van der Waals surface area (Å²) in [7, 11) is 0.328. The Morgan fingerprint density at radius 1 is 1.03 bits per heavy atom. The minimum absolute atomic E-state index is 0.0327. The summed E-state index contributed by atoms with van der Waals surface area (Å²) in [5, 5.41) is 0. The molecule has 1 heterocycles. The number of methoxy groups -OCH3 is 2. The van der Waals surface area contributed by atoms with Gasteiger partial charge >= 0.3 is 0 Å². The van der Waals surface area contributed by atoms with Crippen molar-refractivity contribution >= 4 is 22.0 Å². The van der Waals surface area contributed by atoms with Crippen LogP contribution in [0.25, 0.3) is 6.08 Å². The maximum absolute atomic E-state index is 13.1. The van der Waals surface area contributed by atoms with Crippen LogP contribution in [0.15, 0.2) is 59.5 Å². The van der Waals surface area contributed by atoms with Crippen LogP contribution in [0.2, 0.25) is 0 Å². The molecule has 1 aliphatic heterocycles. The molecule has 0 aromatic heterocycles. The molecule has 0 bridgehead atoms. The number of piperazine rings is 1. The first-order valence-corrected chi connectivity index (χ1v) is 12.2. The number of ether oxygens (including phenoxy) is 2. The zero-order valence-corrected chi connectivity index (χ0v) is 20.1. The van der Waals surface area contributed by atoms with Gasteiger partial charge in [0.2, 0.25) is 15.9 Å². The molecule has 178 valence electrons. The van der Waals surface area contributed by atoms with Gasteiger partial charge in [0.05, 0.1) is 20.8 Å². The lowest BCUT2D eigenvalue weighted by atomic mass is 10.2. The molecule has 0 atom stereocenters. The fourth-order valence-corrected chi connectivity index (χ4v) is 4.90. The molecular formula is C24H31N3O5S. The van der Waals surface area contributed by atoms with Crippen molar-refractivity contribution in [2.24, 2.45) is 0 Å². The maximum atomic E-state index is 13.1. The smallest absolute Gasteiger partial charge is 0.247 e. The summed E-state index contributed by atoms with van der Waals surface area (Å²) < 4.78 is 37.6. The number of carbonyl (C=O) groups excluding carboxylic acids is 1. The van der Waals surface area contributed by atoms with Gasteiger partial charge in [-0.05, 0) is 17.7 Å². The summed E-state index contributed by atoms with van der Waals surface area (Å²) in [6.07, 6.45) is 4.21. The Balaban J connectivity index is 1.55. The Morgan fingerprint density at radius 3 is 2.36 bits per heavy atom. The fraction of sp³-hybridized carbons (Fsp3) is 0.375. The second kappa shape index (κ2) is 11.3. The van der Waals surface area contributed by atoms with Crippen molar-refractivity contribution in [3.8, 4) is 11.5 Å². The lowest BCUT2D eigenvalue weighted by molar-refractivity contribution is -0.132. The van der Waals surface area contributed by atoms with Crippen LogP contribution in [0.3, 0.4) is 0 Å². The Hall–Kier alpha value is -2.88. The van der Waals surface area contributed by atoms with Gasteiger partial charge in [0.15, 0.2) is 0 Å². The molecule has 3 rings (SSSR count). The van der Waals surface area contributed by atoms with E-state index >= 15 is 0 Å². The number of hydrogen-bond donors (Lipinski definition) is 0. The highest BCUT2D eigenvalue weighted by atomic mass is 32.2. The van der Waals surface area contributed by atoms with E-state index in [-0.39, 0.29) is 23.1 Å². The van der Waals surface area contributed by atoms with Gasteiger partial charge in [0.1, 0.15) is 16.4 Å². The van der Waals surface area contributed by atoms with Crippen LogP contribution in [0.4, 0.5) is 0 Å². The van der Waals surface area contributed by atoms with E-state index in [2.05, 4.69) is 29.2 Å². The summed E-state index contributed by atoms with van der Waals surface area (Å²) in [5.74, 6) is 0.376. The minimum atomic E-state index is -3.94. The van der Waals surface area contributed by atoms with Gasteiger partial charge in [0.25, 0.3) is 0 Å². The molecule has 2 aromatic carbocycles. The number of carbonyl (C=O) groups is 1. The third-order valence-corrected chi connectivity index (χ3v) is 7.44. The average Bonchev–Trinajstić information content (AvgIpc) is 2.84. The lowest BCUT2D eigenvalue weighted by Crippen LogP contribution is -2.51. The van der Waals surface area contributed by atoms with E-state index in [1.165, 1.54) is 33.4 Å². The molecule has 1 saturated heterocycles. The van der Waals surface area contributed by atoms with Gasteiger partial charge in [-0.15, -0.1) is 0 Å². The summed E-state index contributed by atoms with van der Waals surface area (Å²) in [6, 6.07) is 14.7. The van der Waals surface area contributed by atoms with Crippen molar-refractivity contribution in [2.75, 3.05) is 60.5 Å². The fourth-order valence-electron chi connectivity index (χ4n) is 3.61. The largest absolute Gasteiger partial charge is 0.497 e. The first-order chi connectivity index (χ1) is 15.8. The normalized spacial score (nSPS) is 15.2. The van der Waals surface area contributed by atoms with E-state index in [1.807, 2.05) is 18.2 Å². The minimum Gasteiger partial charge on any atom is -0.497 e. The first-order valence-electron chi connectivity index (χ1n) is 10.7. The SMILES string of the molecule is COc1ccc(OC)c(S(=O)(=O)N(C)CC(=O)N2CCN(C/C=C/c3ccccc3)CC2)c1. The van der Waals surface area contributed by atoms with Crippen molar-refractivity contribution in [1.82, 2.24) is 14.1 Å². The Labute approximate surface area is 196 Å². The standard InChI is InChI=1S/C24H31N3O5S/c1-25(33(29,30)23-18-21(31-2)11-12-22(23)32-3)19-24(28)27-16-14-26(15-17-27)13-7-10-20-8-5-4-6-9-20/h4-12,18H,13-17,19H2,1-3H3/b10-7+. The zero-order valence-electron chi connectivity index (χ0n) is 19.3. The zero-order chi connectivity index (χ0) is 23.8. The third-order valence-electron chi connectivity index (χ3n) is 5.62. The van der Waals surface area contributed by atoms with Gasteiger partial charge in [-0.3, -0.25) is 9.69 Å². The molecule has 1 aliphatic rings. The van der Waals surface area contributed by atoms with Crippen molar-refractivity contribution in [1.29, 1.82) is 0 Å². The van der Waals surface area contributed by atoms with Crippen LogP contribution in [-0.2, 0) is 14.8 Å². The van der Waals surface area contributed by atoms with E-state index in [9.17, 15) is 13.2 Å². The van der Waals surface area contributed by atoms with Crippen LogP contribution >= 0.6 is 0 Å². The number of rotatable bonds is 9. The number of benzene rings is 2. The molecule has 1 fully saturated rings. The summed E-state index contributed by atoms with van der Waals surface area (Å²) in [6.45, 7) is 3.18. The topological polar surface area (TPSA) is 79.4 Å². The van der Waals surface area contributed by atoms with Crippen molar-refractivity contribution in [2.45, 2.75) is 4.90 Å². The first kappa shape index (κ1) is 24.8. The van der Waals surface area contributed by atoms with E-state index in [4.69, 9.17) is 9.47 Å². The molecular weight excluding hydrogens is 442 g/mol. The Kier molecular flexibility index (Phi) is 8.49. The molecule has 0 saturated carbocycles. The van der Waals surface area contributed by atoms with Crippen LogP contribution < -0.4 is 9.47 Å². The quantitative estimate of drug-likeness (QED) is 0.556. The number of nitrogens with zero attached hydrogens (tertiary/aromatic N) is 3. The third kappa shape index (κ3) is 6.34. The van der Waals surface area contributed by atoms with Gasteiger partial charge in [-0.1, -0.05) is 42.5 Å². The van der Waals surface area contributed by atoms with Crippen LogP contribution in [0.1, 0.15) is 5.56 Å².